The number of rotatable bonds is 8. The molecule has 0 fully saturated rings. The molecule has 6 heteroatoms. The fraction of sp³-hybridized carbons (Fsp3) is 0.167. The van der Waals surface area contributed by atoms with Gasteiger partial charge < -0.3 is 16.2 Å². The van der Waals surface area contributed by atoms with Crippen LogP contribution in [0.3, 0.4) is 0 Å². The lowest BCUT2D eigenvalue weighted by Gasteiger charge is -2.22. The van der Waals surface area contributed by atoms with E-state index in [4.69, 9.17) is 5.73 Å². The number of nitrogens with one attached hydrogen (secondary N) is 1. The maximum atomic E-state index is 11.8. The monoisotopic (exact) mass is 329 g/mol. The average Bonchev–Trinajstić information content (AvgIpc) is 2.60. The number of primary amides is 1. The normalized spacial score (nSPS) is 11.7. The van der Waals surface area contributed by atoms with Gasteiger partial charge in [-0.05, 0) is 18.7 Å². The van der Waals surface area contributed by atoms with E-state index in [2.05, 4.69) is 36.8 Å². The number of hydrogen-bond acceptors (Lipinski definition) is 4. The summed E-state index contributed by atoms with van der Waals surface area (Å²) in [6, 6.07) is 8.34. The van der Waals surface area contributed by atoms with Gasteiger partial charge in [0, 0.05) is 11.8 Å². The van der Waals surface area contributed by atoms with E-state index in [1.54, 1.807) is 0 Å². The van der Waals surface area contributed by atoms with Gasteiger partial charge in [0.15, 0.2) is 6.10 Å². The van der Waals surface area contributed by atoms with Crippen LogP contribution in [-0.4, -0.2) is 35.8 Å². The second-order valence-corrected chi connectivity index (χ2v) is 4.71. The fourth-order valence-corrected chi connectivity index (χ4v) is 1.66. The van der Waals surface area contributed by atoms with Crippen molar-refractivity contribution in [2.75, 3.05) is 0 Å². The summed E-state index contributed by atoms with van der Waals surface area (Å²) in [6.45, 7) is 13.3. The van der Waals surface area contributed by atoms with E-state index in [0.717, 1.165) is 5.56 Å². The maximum absolute atomic E-state index is 11.8. The van der Waals surface area contributed by atoms with Crippen molar-refractivity contribution in [3.63, 3.8) is 0 Å². The van der Waals surface area contributed by atoms with Crippen molar-refractivity contribution in [3.8, 4) is 0 Å². The number of aliphatic imine (C=N–C) groups is 1. The molecular weight excluding hydrogens is 306 g/mol. The lowest BCUT2D eigenvalue weighted by atomic mass is 10.0. The molecule has 0 aliphatic heterocycles. The smallest absolute Gasteiger partial charge is 0.250 e. The molecule has 2 atom stereocenters. The van der Waals surface area contributed by atoms with Gasteiger partial charge in [0.25, 0.3) is 5.91 Å². The van der Waals surface area contributed by atoms with Gasteiger partial charge in [-0.3, -0.25) is 14.6 Å². The Kier molecular flexibility index (Phi) is 10.1. The molecule has 1 rings (SSSR count). The van der Waals surface area contributed by atoms with E-state index in [1.807, 2.05) is 30.3 Å². The molecule has 0 saturated carbocycles. The molecule has 0 spiro atoms. The molecule has 1 aromatic carbocycles. The highest BCUT2D eigenvalue weighted by molar-refractivity contribution is 5.96. The summed E-state index contributed by atoms with van der Waals surface area (Å²) in [5.74, 6) is -1.39. The Morgan fingerprint density at radius 3 is 2.25 bits per heavy atom. The number of carbonyl (C=O) groups is 2. The highest BCUT2D eigenvalue weighted by Gasteiger charge is 2.26. The van der Waals surface area contributed by atoms with Gasteiger partial charge in [0.05, 0.1) is 6.04 Å². The van der Waals surface area contributed by atoms with Crippen LogP contribution in [0.15, 0.2) is 72.9 Å². The highest BCUT2D eigenvalue weighted by atomic mass is 16.3. The molecule has 24 heavy (non-hydrogen) atoms. The van der Waals surface area contributed by atoms with Crippen LogP contribution in [0.1, 0.15) is 5.56 Å². The van der Waals surface area contributed by atoms with Gasteiger partial charge in [-0.25, -0.2) is 0 Å². The van der Waals surface area contributed by atoms with Gasteiger partial charge in [-0.15, -0.1) is 0 Å². The molecule has 128 valence electrons. The van der Waals surface area contributed by atoms with E-state index < -0.39 is 24.0 Å². The number of aliphatic hydroxyl groups is 1. The molecule has 0 saturated heterocycles. The number of nitrogens with zero attached hydrogens (tertiary/aromatic N) is 1. The van der Waals surface area contributed by atoms with Crippen molar-refractivity contribution < 1.29 is 14.7 Å². The maximum Gasteiger partial charge on any atom is 0.250 e. The number of amides is 2. The second-order valence-electron chi connectivity index (χ2n) is 4.71. The number of carbonyl (C=O) groups excluding carboxylic acids is 2. The lowest BCUT2D eigenvalue weighted by molar-refractivity contribution is -0.128. The summed E-state index contributed by atoms with van der Waals surface area (Å²) in [4.78, 5) is 26.1. The van der Waals surface area contributed by atoms with Crippen molar-refractivity contribution in [2.24, 2.45) is 10.7 Å². The molecule has 0 heterocycles. The van der Waals surface area contributed by atoms with E-state index in [0.29, 0.717) is 0 Å². The molecule has 0 aliphatic carbocycles. The minimum absolute atomic E-state index is 0.153. The predicted molar refractivity (Wildman–Crippen MR) is 96.4 cm³/mol. The van der Waals surface area contributed by atoms with Crippen molar-refractivity contribution in [2.45, 2.75) is 18.6 Å². The Labute approximate surface area is 142 Å². The van der Waals surface area contributed by atoms with Crippen LogP contribution >= 0.6 is 0 Å². The van der Waals surface area contributed by atoms with E-state index >= 15 is 0 Å². The van der Waals surface area contributed by atoms with Crippen molar-refractivity contribution in [3.05, 3.63) is 73.5 Å². The van der Waals surface area contributed by atoms with Gasteiger partial charge in [-0.2, -0.15) is 0 Å². The first-order chi connectivity index (χ1) is 11.4. The first kappa shape index (κ1) is 21.0. The third-order valence-corrected chi connectivity index (χ3v) is 2.95. The van der Waals surface area contributed by atoms with Crippen LogP contribution in [0.25, 0.3) is 0 Å². The molecule has 0 radical (unpaired) electrons. The molecule has 2 unspecified atom stereocenters. The van der Waals surface area contributed by atoms with Gasteiger partial charge in [-0.1, -0.05) is 56.1 Å². The van der Waals surface area contributed by atoms with Crippen LogP contribution in [0, 0.1) is 0 Å². The first-order valence-corrected chi connectivity index (χ1v) is 7.07. The topological polar surface area (TPSA) is 105 Å². The molecule has 1 aromatic rings. The Morgan fingerprint density at radius 1 is 1.29 bits per heavy atom. The molecule has 0 aromatic heterocycles. The van der Waals surface area contributed by atoms with Gasteiger partial charge in [0.1, 0.15) is 0 Å². The summed E-state index contributed by atoms with van der Waals surface area (Å²) in [5, 5.41) is 12.3. The summed E-state index contributed by atoms with van der Waals surface area (Å²) in [6.07, 6.45) is 1.49. The zero-order valence-electron chi connectivity index (χ0n) is 13.5. The second kappa shape index (κ2) is 11.6. The SMILES string of the molecule is C=CC(=C)C(=O)NC(Cc1ccccc1)C(O)C(N)=O.C=CN=C. The minimum Gasteiger partial charge on any atom is -0.381 e. The number of nitrogens with two attached hydrogens (primary N) is 1. The Bertz CT molecular complexity index is 591. The van der Waals surface area contributed by atoms with Crippen molar-refractivity contribution in [1.29, 1.82) is 0 Å². The van der Waals surface area contributed by atoms with Crippen LogP contribution in [0.5, 0.6) is 0 Å². The first-order valence-electron chi connectivity index (χ1n) is 7.07. The zero-order valence-corrected chi connectivity index (χ0v) is 13.5. The van der Waals surface area contributed by atoms with Crippen LogP contribution in [0.2, 0.25) is 0 Å². The Morgan fingerprint density at radius 2 is 1.83 bits per heavy atom. The van der Waals surface area contributed by atoms with Crippen LogP contribution < -0.4 is 11.1 Å². The van der Waals surface area contributed by atoms with Crippen molar-refractivity contribution in [1.82, 2.24) is 5.32 Å². The Hall–Kier alpha value is -2.99. The third-order valence-electron chi connectivity index (χ3n) is 2.95. The average molecular weight is 329 g/mol. The molecule has 2 amide bonds. The van der Waals surface area contributed by atoms with E-state index in [9.17, 15) is 14.7 Å². The highest BCUT2D eigenvalue weighted by Crippen LogP contribution is 2.07. The Balaban J connectivity index is 0.00000118. The molecular formula is C18H23N3O3. The van der Waals surface area contributed by atoms with Crippen LogP contribution in [-0.2, 0) is 16.0 Å². The number of aliphatic hydroxyl groups excluding tert-OH is 1. The quantitative estimate of drug-likeness (QED) is 0.378. The largest absolute Gasteiger partial charge is 0.381 e. The summed E-state index contributed by atoms with van der Waals surface area (Å²) < 4.78 is 0. The number of hydrogen-bond donors (Lipinski definition) is 3. The van der Waals surface area contributed by atoms with Gasteiger partial charge in [0.2, 0.25) is 5.91 Å². The number of benzene rings is 1. The summed E-state index contributed by atoms with van der Waals surface area (Å²) in [7, 11) is 0. The molecule has 0 aliphatic rings. The van der Waals surface area contributed by atoms with Gasteiger partial charge >= 0.3 is 0 Å². The molecule has 4 N–H and O–H groups in total. The standard InChI is InChI=1S/C15H18N2O3.C3H5N/c1-3-10(2)15(20)17-12(13(18)14(16)19)9-11-7-5-4-6-8-11;1-3-4-2/h3-8,12-13,18H,1-2,9H2,(H2,16,19)(H,17,20);3H,1-2H2. The summed E-state index contributed by atoms with van der Waals surface area (Å²) in [5.41, 5.74) is 6.11. The lowest BCUT2D eigenvalue weighted by Crippen LogP contribution is -2.50. The molecule has 6 nitrogen and oxygen atoms in total. The molecule has 0 bridgehead atoms. The van der Waals surface area contributed by atoms with E-state index in [-0.39, 0.29) is 12.0 Å². The fourth-order valence-electron chi connectivity index (χ4n) is 1.66. The summed E-state index contributed by atoms with van der Waals surface area (Å²) >= 11 is 0. The third kappa shape index (κ3) is 7.86. The predicted octanol–water partition coefficient (Wildman–Crippen LogP) is 1.13. The van der Waals surface area contributed by atoms with E-state index in [1.165, 1.54) is 12.3 Å². The van der Waals surface area contributed by atoms with Crippen LogP contribution in [0.4, 0.5) is 0 Å². The van der Waals surface area contributed by atoms with Crippen molar-refractivity contribution >= 4 is 18.5 Å². The minimum atomic E-state index is -1.48. The zero-order chi connectivity index (χ0) is 18.5.